The minimum Gasteiger partial charge on any atom is -0.395 e. The zero-order chi connectivity index (χ0) is 8.97. The number of halogens is 1. The van der Waals surface area contributed by atoms with E-state index in [1.807, 2.05) is 0 Å². The standard InChI is InChI=1S/C8H16N2O2.ClH/c1-6-4-7(5-6)10-8(12)9-2-3-11;/h6-7,11H,2-5H2,1H3,(H2,9,10,12);1H. The molecule has 0 radical (unpaired) electrons. The quantitative estimate of drug-likeness (QED) is 0.633. The Morgan fingerprint density at radius 1 is 1.54 bits per heavy atom. The van der Waals surface area contributed by atoms with Gasteiger partial charge in [0.25, 0.3) is 0 Å². The van der Waals surface area contributed by atoms with E-state index < -0.39 is 0 Å². The van der Waals surface area contributed by atoms with Gasteiger partial charge in [0.15, 0.2) is 0 Å². The van der Waals surface area contributed by atoms with Gasteiger partial charge in [0.2, 0.25) is 0 Å². The van der Waals surface area contributed by atoms with Gasteiger partial charge >= 0.3 is 6.03 Å². The highest BCUT2D eigenvalue weighted by molar-refractivity contribution is 5.85. The van der Waals surface area contributed by atoms with Crippen LogP contribution >= 0.6 is 12.4 Å². The lowest BCUT2D eigenvalue weighted by atomic mass is 9.82. The maximum Gasteiger partial charge on any atom is 0.315 e. The second kappa shape index (κ2) is 6.05. The zero-order valence-corrected chi connectivity index (χ0v) is 8.56. The molecule has 1 fully saturated rings. The Balaban J connectivity index is 0.00000144. The highest BCUT2D eigenvalue weighted by atomic mass is 35.5. The van der Waals surface area contributed by atoms with Crippen LogP contribution in [-0.4, -0.2) is 30.3 Å². The number of aliphatic hydroxyl groups is 1. The summed E-state index contributed by atoms with van der Waals surface area (Å²) in [6.45, 7) is 2.49. The van der Waals surface area contributed by atoms with Crippen LogP contribution in [0.25, 0.3) is 0 Å². The van der Waals surface area contributed by atoms with Crippen LogP contribution in [0.15, 0.2) is 0 Å². The van der Waals surface area contributed by atoms with E-state index in [0.29, 0.717) is 12.6 Å². The molecule has 0 aromatic heterocycles. The maximum absolute atomic E-state index is 11.0. The summed E-state index contributed by atoms with van der Waals surface area (Å²) in [4.78, 5) is 11.0. The molecule has 0 saturated heterocycles. The first-order valence-electron chi connectivity index (χ1n) is 4.37. The molecule has 0 heterocycles. The number of hydrogen-bond acceptors (Lipinski definition) is 2. The van der Waals surface area contributed by atoms with Gasteiger partial charge in [0, 0.05) is 12.6 Å². The maximum atomic E-state index is 11.0. The molecule has 3 N–H and O–H groups in total. The van der Waals surface area contributed by atoms with Gasteiger partial charge in [-0.1, -0.05) is 6.92 Å². The van der Waals surface area contributed by atoms with Crippen molar-refractivity contribution in [1.29, 1.82) is 0 Å². The molecule has 78 valence electrons. The Morgan fingerprint density at radius 2 is 2.15 bits per heavy atom. The molecule has 1 aliphatic carbocycles. The van der Waals surface area contributed by atoms with E-state index in [4.69, 9.17) is 5.11 Å². The molecule has 1 saturated carbocycles. The van der Waals surface area contributed by atoms with E-state index in [2.05, 4.69) is 17.6 Å². The fourth-order valence-electron chi connectivity index (χ4n) is 1.43. The van der Waals surface area contributed by atoms with Crippen LogP contribution in [0.2, 0.25) is 0 Å². The fourth-order valence-corrected chi connectivity index (χ4v) is 1.43. The van der Waals surface area contributed by atoms with E-state index in [1.165, 1.54) is 0 Å². The third-order valence-electron chi connectivity index (χ3n) is 2.11. The Labute approximate surface area is 84.5 Å². The van der Waals surface area contributed by atoms with Gasteiger partial charge in [-0.05, 0) is 18.8 Å². The van der Waals surface area contributed by atoms with Gasteiger partial charge in [-0.25, -0.2) is 4.79 Å². The van der Waals surface area contributed by atoms with Crippen LogP contribution in [-0.2, 0) is 0 Å². The SMILES string of the molecule is CC1CC(NC(=O)NCCO)C1.Cl. The molecule has 1 rings (SSSR count). The molecule has 0 aromatic rings. The van der Waals surface area contributed by atoms with Crippen LogP contribution in [0.1, 0.15) is 19.8 Å². The molecular formula is C8H17ClN2O2. The average molecular weight is 209 g/mol. The number of carbonyl (C=O) groups excluding carboxylic acids is 1. The normalized spacial score (nSPS) is 25.4. The summed E-state index contributed by atoms with van der Waals surface area (Å²) in [5.41, 5.74) is 0. The highest BCUT2D eigenvalue weighted by Crippen LogP contribution is 2.25. The summed E-state index contributed by atoms with van der Waals surface area (Å²) in [6, 6.07) is 0.180. The van der Waals surface area contributed by atoms with Crippen molar-refractivity contribution in [3.05, 3.63) is 0 Å². The topological polar surface area (TPSA) is 61.4 Å². The lowest BCUT2D eigenvalue weighted by Crippen LogP contribution is -2.48. The van der Waals surface area contributed by atoms with Crippen LogP contribution in [0.3, 0.4) is 0 Å². The van der Waals surface area contributed by atoms with Gasteiger partial charge in [-0.2, -0.15) is 0 Å². The first-order valence-corrected chi connectivity index (χ1v) is 4.37. The van der Waals surface area contributed by atoms with Crippen LogP contribution in [0.5, 0.6) is 0 Å². The second-order valence-electron chi connectivity index (χ2n) is 3.40. The van der Waals surface area contributed by atoms with Gasteiger partial charge < -0.3 is 15.7 Å². The predicted octanol–water partition coefficient (Wildman–Crippen LogP) is 0.498. The van der Waals surface area contributed by atoms with Crippen LogP contribution < -0.4 is 10.6 Å². The van der Waals surface area contributed by atoms with E-state index in [1.54, 1.807) is 0 Å². The van der Waals surface area contributed by atoms with E-state index >= 15 is 0 Å². The minimum absolute atomic E-state index is 0. The van der Waals surface area contributed by atoms with Crippen molar-refractivity contribution in [2.45, 2.75) is 25.8 Å². The van der Waals surface area contributed by atoms with Gasteiger partial charge in [0.05, 0.1) is 6.61 Å². The van der Waals surface area contributed by atoms with Crippen LogP contribution in [0, 0.1) is 5.92 Å². The lowest BCUT2D eigenvalue weighted by Gasteiger charge is -2.33. The summed E-state index contributed by atoms with van der Waals surface area (Å²) in [7, 11) is 0. The van der Waals surface area contributed by atoms with Crippen molar-refractivity contribution < 1.29 is 9.90 Å². The van der Waals surface area contributed by atoms with Crippen molar-refractivity contribution in [3.8, 4) is 0 Å². The first-order chi connectivity index (χ1) is 5.72. The molecule has 4 nitrogen and oxygen atoms in total. The van der Waals surface area contributed by atoms with Crippen molar-refractivity contribution in [1.82, 2.24) is 10.6 Å². The van der Waals surface area contributed by atoms with Gasteiger partial charge in [-0.15, -0.1) is 12.4 Å². The Bertz CT molecular complexity index is 160. The highest BCUT2D eigenvalue weighted by Gasteiger charge is 2.26. The second-order valence-corrected chi connectivity index (χ2v) is 3.40. The summed E-state index contributed by atoms with van der Waals surface area (Å²) >= 11 is 0. The molecular weight excluding hydrogens is 192 g/mol. The van der Waals surface area contributed by atoms with E-state index in [9.17, 15) is 4.79 Å². The Kier molecular flexibility index (Phi) is 5.82. The van der Waals surface area contributed by atoms with Gasteiger partial charge in [0.1, 0.15) is 0 Å². The summed E-state index contributed by atoms with van der Waals surface area (Å²) in [5, 5.41) is 13.8. The zero-order valence-electron chi connectivity index (χ0n) is 7.75. The molecule has 0 spiro atoms. The molecule has 5 heteroatoms. The molecule has 0 aliphatic heterocycles. The predicted molar refractivity (Wildman–Crippen MR) is 53.1 cm³/mol. The van der Waals surface area contributed by atoms with Crippen LogP contribution in [0.4, 0.5) is 4.79 Å². The number of aliphatic hydroxyl groups excluding tert-OH is 1. The number of nitrogens with one attached hydrogen (secondary N) is 2. The molecule has 13 heavy (non-hydrogen) atoms. The lowest BCUT2D eigenvalue weighted by molar-refractivity contribution is 0.206. The average Bonchev–Trinajstić information content (AvgIpc) is 1.98. The number of urea groups is 1. The number of hydrogen-bond donors (Lipinski definition) is 3. The molecule has 1 aliphatic rings. The molecule has 0 bridgehead atoms. The van der Waals surface area contributed by atoms with E-state index in [0.717, 1.165) is 18.8 Å². The monoisotopic (exact) mass is 208 g/mol. The summed E-state index contributed by atoms with van der Waals surface area (Å²) in [6.07, 6.45) is 2.15. The largest absolute Gasteiger partial charge is 0.395 e. The molecule has 0 unspecified atom stereocenters. The van der Waals surface area contributed by atoms with Crippen molar-refractivity contribution in [3.63, 3.8) is 0 Å². The van der Waals surface area contributed by atoms with Crippen molar-refractivity contribution in [2.24, 2.45) is 5.92 Å². The molecule has 2 amide bonds. The van der Waals surface area contributed by atoms with Gasteiger partial charge in [-0.3, -0.25) is 0 Å². The molecule has 0 atom stereocenters. The summed E-state index contributed by atoms with van der Waals surface area (Å²) in [5.74, 6) is 0.744. The third-order valence-corrected chi connectivity index (χ3v) is 2.11. The van der Waals surface area contributed by atoms with Crippen molar-refractivity contribution >= 4 is 18.4 Å². The minimum atomic E-state index is -0.166. The fraction of sp³-hybridized carbons (Fsp3) is 0.875. The Hall–Kier alpha value is -0.480. The third kappa shape index (κ3) is 4.33. The summed E-state index contributed by atoms with van der Waals surface area (Å²) < 4.78 is 0. The number of carbonyl (C=O) groups is 1. The van der Waals surface area contributed by atoms with E-state index in [-0.39, 0.29) is 25.0 Å². The number of rotatable bonds is 3. The first kappa shape index (κ1) is 12.5. The molecule has 0 aromatic carbocycles. The number of amides is 2. The Morgan fingerprint density at radius 3 is 2.62 bits per heavy atom. The van der Waals surface area contributed by atoms with Crippen molar-refractivity contribution in [2.75, 3.05) is 13.2 Å². The smallest absolute Gasteiger partial charge is 0.315 e.